The summed E-state index contributed by atoms with van der Waals surface area (Å²) in [5.74, 6) is 0. The molecule has 0 radical (unpaired) electrons. The van der Waals surface area contributed by atoms with Gasteiger partial charge >= 0.3 is 0 Å². The smallest absolute Gasteiger partial charge is 0.0757 e. The van der Waals surface area contributed by atoms with Crippen molar-refractivity contribution < 1.29 is 4.48 Å². The van der Waals surface area contributed by atoms with Gasteiger partial charge in [-0.15, -0.1) is 0 Å². The molecule has 10 heavy (non-hydrogen) atoms. The average molecular weight is 162 g/mol. The maximum absolute atomic E-state index is 2.27. The van der Waals surface area contributed by atoms with E-state index in [1.807, 2.05) is 0 Å². The summed E-state index contributed by atoms with van der Waals surface area (Å²) in [7, 11) is 0. The van der Waals surface area contributed by atoms with Gasteiger partial charge in [-0.2, -0.15) is 0 Å². The van der Waals surface area contributed by atoms with E-state index >= 15 is 0 Å². The van der Waals surface area contributed by atoms with Crippen LogP contribution < -0.4 is 0 Å². The van der Waals surface area contributed by atoms with Crippen molar-refractivity contribution in [1.82, 2.24) is 0 Å². The highest BCUT2D eigenvalue weighted by Gasteiger charge is 2.16. The van der Waals surface area contributed by atoms with E-state index in [1.165, 1.54) is 30.7 Å². The number of quaternary nitrogens is 1. The van der Waals surface area contributed by atoms with Crippen molar-refractivity contribution in [1.29, 1.82) is 0 Å². The van der Waals surface area contributed by atoms with Gasteiger partial charge in [0.05, 0.1) is 26.2 Å². The molecular formula is C8H20NS-. The lowest BCUT2D eigenvalue weighted by molar-refractivity contribution is -0.921. The predicted octanol–water partition coefficient (Wildman–Crippen LogP) is 1.88. The molecule has 0 aliphatic rings. The second kappa shape index (κ2) is 6.05. The first kappa shape index (κ1) is 12.9. The van der Waals surface area contributed by atoms with Crippen LogP contribution in [0.5, 0.6) is 0 Å². The minimum atomic E-state index is 0. The van der Waals surface area contributed by atoms with E-state index in [0.29, 0.717) is 0 Å². The third-order valence-corrected chi connectivity index (χ3v) is 2.68. The summed E-state index contributed by atoms with van der Waals surface area (Å²) in [6.07, 6.45) is 0. The summed E-state index contributed by atoms with van der Waals surface area (Å²) >= 11 is 0. The van der Waals surface area contributed by atoms with Crippen LogP contribution in [0.3, 0.4) is 0 Å². The highest BCUT2D eigenvalue weighted by atomic mass is 32.1. The Morgan fingerprint density at radius 3 is 0.900 bits per heavy atom. The van der Waals surface area contributed by atoms with Crippen molar-refractivity contribution in [2.75, 3.05) is 26.2 Å². The molecule has 1 nitrogen and oxygen atoms in total. The van der Waals surface area contributed by atoms with Crippen molar-refractivity contribution >= 4 is 13.5 Å². The first-order valence-electron chi connectivity index (χ1n) is 4.09. The third-order valence-electron chi connectivity index (χ3n) is 2.68. The Bertz CT molecular complexity index is 52.1. The summed E-state index contributed by atoms with van der Waals surface area (Å²) in [5, 5.41) is 0. The standard InChI is InChI=1S/C8H20N.S/c1-5-9(6-2,7-3)8-4;/h5-8H2,1-4H3;/q+1;-2. The lowest BCUT2D eigenvalue weighted by Gasteiger charge is -2.34. The quantitative estimate of drug-likeness (QED) is 0.554. The number of hydrogen-bond acceptors (Lipinski definition) is 0. The number of nitrogens with zero attached hydrogens (tertiary/aromatic N) is 1. The molecule has 2 heteroatoms. The Labute approximate surface area is 72.5 Å². The van der Waals surface area contributed by atoms with E-state index in [2.05, 4.69) is 27.7 Å². The lowest BCUT2D eigenvalue weighted by Crippen LogP contribution is -2.47. The van der Waals surface area contributed by atoms with Crippen molar-refractivity contribution in [2.45, 2.75) is 27.7 Å². The topological polar surface area (TPSA) is 0 Å². The largest absolute Gasteiger partial charge is 2.00 e. The summed E-state index contributed by atoms with van der Waals surface area (Å²) in [5.41, 5.74) is 0. The fourth-order valence-corrected chi connectivity index (χ4v) is 1.34. The van der Waals surface area contributed by atoms with Gasteiger partial charge in [0.25, 0.3) is 0 Å². The van der Waals surface area contributed by atoms with Gasteiger partial charge in [0.2, 0.25) is 0 Å². The highest BCUT2D eigenvalue weighted by Crippen LogP contribution is 2.03. The summed E-state index contributed by atoms with van der Waals surface area (Å²) < 4.78 is 1.28. The van der Waals surface area contributed by atoms with Gasteiger partial charge in [0.15, 0.2) is 0 Å². The molecule has 0 aliphatic heterocycles. The molecule has 0 amide bonds. The Kier molecular flexibility index (Phi) is 7.83. The van der Waals surface area contributed by atoms with Crippen LogP contribution in [0.15, 0.2) is 0 Å². The first-order chi connectivity index (χ1) is 4.24. The van der Waals surface area contributed by atoms with Crippen molar-refractivity contribution in [3.63, 3.8) is 0 Å². The zero-order valence-corrected chi connectivity index (χ0v) is 8.50. The van der Waals surface area contributed by atoms with Crippen molar-refractivity contribution in [3.8, 4) is 0 Å². The van der Waals surface area contributed by atoms with Crippen LogP contribution >= 0.6 is 0 Å². The van der Waals surface area contributed by atoms with Crippen LogP contribution in [-0.2, 0) is 13.5 Å². The van der Waals surface area contributed by atoms with E-state index in [9.17, 15) is 0 Å². The molecule has 0 rings (SSSR count). The van der Waals surface area contributed by atoms with Gasteiger partial charge in [-0.25, -0.2) is 0 Å². The van der Waals surface area contributed by atoms with E-state index in [4.69, 9.17) is 0 Å². The SMILES string of the molecule is CC[N+](CC)(CC)CC.[S-2]. The van der Waals surface area contributed by atoms with Crippen LogP contribution in [0.1, 0.15) is 27.7 Å². The Balaban J connectivity index is 0. The molecule has 0 saturated carbocycles. The Hall–Kier alpha value is 0.310. The molecule has 0 bridgehead atoms. The fraction of sp³-hybridized carbons (Fsp3) is 1.00. The van der Waals surface area contributed by atoms with Gasteiger partial charge in [-0.3, -0.25) is 0 Å². The number of rotatable bonds is 4. The van der Waals surface area contributed by atoms with Gasteiger partial charge in [0.1, 0.15) is 0 Å². The maximum Gasteiger partial charge on any atom is 0.0757 e. The Morgan fingerprint density at radius 2 is 0.900 bits per heavy atom. The Morgan fingerprint density at radius 1 is 0.700 bits per heavy atom. The molecule has 0 aromatic rings. The molecule has 0 aromatic heterocycles. The van der Waals surface area contributed by atoms with Gasteiger partial charge in [-0.05, 0) is 27.7 Å². The van der Waals surface area contributed by atoms with E-state index in [-0.39, 0.29) is 13.5 Å². The molecule has 0 N–H and O–H groups in total. The zero-order chi connectivity index (χ0) is 7.33. The second-order valence-corrected chi connectivity index (χ2v) is 2.61. The van der Waals surface area contributed by atoms with Gasteiger partial charge < -0.3 is 18.0 Å². The van der Waals surface area contributed by atoms with Crippen LogP contribution in [0.25, 0.3) is 0 Å². The van der Waals surface area contributed by atoms with Crippen LogP contribution in [0.2, 0.25) is 0 Å². The van der Waals surface area contributed by atoms with Gasteiger partial charge in [0, 0.05) is 0 Å². The molecule has 0 saturated heterocycles. The maximum atomic E-state index is 2.27. The molecule has 0 fully saturated rings. The minimum Gasteiger partial charge on any atom is -2.00 e. The fourth-order valence-electron chi connectivity index (χ4n) is 1.34. The van der Waals surface area contributed by atoms with Crippen LogP contribution in [0.4, 0.5) is 0 Å². The zero-order valence-electron chi connectivity index (χ0n) is 7.68. The predicted molar refractivity (Wildman–Crippen MR) is 49.8 cm³/mol. The van der Waals surface area contributed by atoms with Crippen molar-refractivity contribution in [2.24, 2.45) is 0 Å². The normalized spacial score (nSPS) is 10.8. The van der Waals surface area contributed by atoms with Crippen molar-refractivity contribution in [3.05, 3.63) is 0 Å². The summed E-state index contributed by atoms with van der Waals surface area (Å²) in [6.45, 7) is 14.2. The highest BCUT2D eigenvalue weighted by molar-refractivity contribution is 7.37. The molecule has 0 aromatic carbocycles. The monoisotopic (exact) mass is 162 g/mol. The van der Waals surface area contributed by atoms with E-state index in [0.717, 1.165) is 0 Å². The van der Waals surface area contributed by atoms with Gasteiger partial charge in [-0.1, -0.05) is 0 Å². The second-order valence-electron chi connectivity index (χ2n) is 2.61. The first-order valence-corrected chi connectivity index (χ1v) is 4.09. The molecule has 64 valence electrons. The minimum absolute atomic E-state index is 0. The molecule has 0 spiro atoms. The third kappa shape index (κ3) is 2.93. The summed E-state index contributed by atoms with van der Waals surface area (Å²) in [6, 6.07) is 0. The average Bonchev–Trinajstić information content (AvgIpc) is 1.95. The number of hydrogen-bond donors (Lipinski definition) is 0. The van der Waals surface area contributed by atoms with E-state index in [1.54, 1.807) is 0 Å². The molecule has 0 unspecified atom stereocenters. The van der Waals surface area contributed by atoms with Crippen LogP contribution in [-0.4, -0.2) is 30.7 Å². The summed E-state index contributed by atoms with van der Waals surface area (Å²) in [4.78, 5) is 0. The molecule has 0 heterocycles. The van der Waals surface area contributed by atoms with E-state index < -0.39 is 0 Å². The molecule has 0 aliphatic carbocycles. The van der Waals surface area contributed by atoms with Crippen LogP contribution in [0, 0.1) is 0 Å². The lowest BCUT2D eigenvalue weighted by atomic mass is 10.3. The molecule has 0 atom stereocenters. The molecular weight excluding hydrogens is 142 g/mol.